The fraction of sp³-hybridized carbons (Fsp3) is 0.421. The summed E-state index contributed by atoms with van der Waals surface area (Å²) in [6, 6.07) is 14.2. The molecule has 0 unspecified atom stereocenters. The Morgan fingerprint density at radius 3 is 2.61 bits per heavy atom. The van der Waals surface area contributed by atoms with Crippen LogP contribution in [0.5, 0.6) is 0 Å². The number of carbonyl (C=O) groups is 1. The number of aryl methyl sites for hydroxylation is 1. The first-order valence-electron chi connectivity index (χ1n) is 8.41. The van der Waals surface area contributed by atoms with Crippen LogP contribution in [0.15, 0.2) is 53.1 Å². The Morgan fingerprint density at radius 2 is 1.91 bits per heavy atom. The normalized spacial score (nSPS) is 16.3. The van der Waals surface area contributed by atoms with Gasteiger partial charge in [0.15, 0.2) is 0 Å². The minimum atomic E-state index is 0.101. The van der Waals surface area contributed by atoms with Gasteiger partial charge in [0.1, 0.15) is 5.76 Å². The molecule has 1 aromatic heterocycles. The maximum atomic E-state index is 12.1. The SMILES string of the molecule is O=C(CCc1ccccc1)NC[C@@H](c1ccco1)N1CCCC1. The summed E-state index contributed by atoms with van der Waals surface area (Å²) in [5.74, 6) is 1.04. The second kappa shape index (κ2) is 7.97. The number of hydrogen-bond donors (Lipinski definition) is 1. The number of likely N-dealkylation sites (tertiary alicyclic amines) is 1. The van der Waals surface area contributed by atoms with Crippen LogP contribution in [0.3, 0.4) is 0 Å². The largest absolute Gasteiger partial charge is 0.468 e. The van der Waals surface area contributed by atoms with E-state index in [1.165, 1.54) is 18.4 Å². The second-order valence-electron chi connectivity index (χ2n) is 6.06. The molecule has 1 N–H and O–H groups in total. The van der Waals surface area contributed by atoms with Crippen LogP contribution in [0, 0.1) is 0 Å². The van der Waals surface area contributed by atoms with Gasteiger partial charge >= 0.3 is 0 Å². The zero-order chi connectivity index (χ0) is 15.9. The molecule has 0 spiro atoms. The van der Waals surface area contributed by atoms with Crippen molar-refractivity contribution in [3.63, 3.8) is 0 Å². The van der Waals surface area contributed by atoms with Crippen LogP contribution in [0.4, 0.5) is 0 Å². The van der Waals surface area contributed by atoms with Crippen molar-refractivity contribution in [2.24, 2.45) is 0 Å². The molecule has 1 aliphatic rings. The van der Waals surface area contributed by atoms with Gasteiger partial charge < -0.3 is 9.73 Å². The Morgan fingerprint density at radius 1 is 1.13 bits per heavy atom. The summed E-state index contributed by atoms with van der Waals surface area (Å²) in [5, 5.41) is 3.08. The molecule has 1 amide bonds. The molecule has 4 heteroatoms. The number of hydrogen-bond acceptors (Lipinski definition) is 3. The number of rotatable bonds is 7. The summed E-state index contributed by atoms with van der Waals surface area (Å²) >= 11 is 0. The van der Waals surface area contributed by atoms with Crippen molar-refractivity contribution in [1.29, 1.82) is 0 Å². The lowest BCUT2D eigenvalue weighted by Gasteiger charge is -2.26. The van der Waals surface area contributed by atoms with Gasteiger partial charge in [-0.15, -0.1) is 0 Å². The summed E-state index contributed by atoms with van der Waals surface area (Å²) < 4.78 is 5.58. The molecule has 23 heavy (non-hydrogen) atoms. The highest BCUT2D eigenvalue weighted by Crippen LogP contribution is 2.24. The van der Waals surface area contributed by atoms with Crippen molar-refractivity contribution in [2.45, 2.75) is 31.7 Å². The Kier molecular flexibility index (Phi) is 5.48. The fourth-order valence-corrected chi connectivity index (χ4v) is 3.15. The van der Waals surface area contributed by atoms with E-state index in [4.69, 9.17) is 4.42 Å². The van der Waals surface area contributed by atoms with Gasteiger partial charge in [-0.2, -0.15) is 0 Å². The zero-order valence-corrected chi connectivity index (χ0v) is 13.4. The first-order valence-corrected chi connectivity index (χ1v) is 8.41. The summed E-state index contributed by atoms with van der Waals surface area (Å²) in [6.07, 6.45) is 5.45. The molecular formula is C19H24N2O2. The lowest BCUT2D eigenvalue weighted by molar-refractivity contribution is -0.121. The molecular weight excluding hydrogens is 288 g/mol. The Balaban J connectivity index is 1.51. The first-order chi connectivity index (χ1) is 11.3. The highest BCUT2D eigenvalue weighted by atomic mass is 16.3. The smallest absolute Gasteiger partial charge is 0.220 e. The monoisotopic (exact) mass is 312 g/mol. The summed E-state index contributed by atoms with van der Waals surface area (Å²) in [7, 11) is 0. The molecule has 122 valence electrons. The molecule has 0 aliphatic carbocycles. The van der Waals surface area contributed by atoms with Crippen LogP contribution in [-0.2, 0) is 11.2 Å². The maximum Gasteiger partial charge on any atom is 0.220 e. The van der Waals surface area contributed by atoms with Crippen LogP contribution in [0.25, 0.3) is 0 Å². The van der Waals surface area contributed by atoms with Crippen molar-refractivity contribution < 1.29 is 9.21 Å². The highest BCUT2D eigenvalue weighted by molar-refractivity contribution is 5.76. The van der Waals surface area contributed by atoms with E-state index < -0.39 is 0 Å². The van der Waals surface area contributed by atoms with Gasteiger partial charge in [-0.3, -0.25) is 9.69 Å². The molecule has 1 atom stereocenters. The highest BCUT2D eigenvalue weighted by Gasteiger charge is 2.25. The molecule has 3 rings (SSSR count). The van der Waals surface area contributed by atoms with E-state index in [1.807, 2.05) is 30.3 Å². The molecule has 1 saturated heterocycles. The number of carbonyl (C=O) groups excluding carboxylic acids is 1. The third-order valence-corrected chi connectivity index (χ3v) is 4.43. The van der Waals surface area contributed by atoms with Gasteiger partial charge in [-0.25, -0.2) is 0 Å². The Hall–Kier alpha value is -2.07. The van der Waals surface area contributed by atoms with Crippen LogP contribution < -0.4 is 5.32 Å². The van der Waals surface area contributed by atoms with E-state index >= 15 is 0 Å². The van der Waals surface area contributed by atoms with Gasteiger partial charge in [0, 0.05) is 13.0 Å². The fourth-order valence-electron chi connectivity index (χ4n) is 3.15. The van der Waals surface area contributed by atoms with Crippen molar-refractivity contribution >= 4 is 5.91 Å². The van der Waals surface area contributed by atoms with E-state index in [2.05, 4.69) is 22.3 Å². The van der Waals surface area contributed by atoms with Crippen molar-refractivity contribution in [1.82, 2.24) is 10.2 Å². The number of nitrogens with zero attached hydrogens (tertiary/aromatic N) is 1. The predicted octanol–water partition coefficient (Wildman–Crippen LogP) is 3.17. The molecule has 0 saturated carbocycles. The van der Waals surface area contributed by atoms with Crippen molar-refractivity contribution in [2.75, 3.05) is 19.6 Å². The topological polar surface area (TPSA) is 45.5 Å². The lowest BCUT2D eigenvalue weighted by atomic mass is 10.1. The number of nitrogens with one attached hydrogen (secondary N) is 1. The van der Waals surface area contributed by atoms with E-state index in [0.717, 1.165) is 25.3 Å². The van der Waals surface area contributed by atoms with Gasteiger partial charge in [0.05, 0.1) is 12.3 Å². The van der Waals surface area contributed by atoms with Crippen LogP contribution >= 0.6 is 0 Å². The molecule has 1 fully saturated rings. The Bertz CT molecular complexity index is 589. The van der Waals surface area contributed by atoms with Gasteiger partial charge in [0.25, 0.3) is 0 Å². The minimum Gasteiger partial charge on any atom is -0.468 e. The quantitative estimate of drug-likeness (QED) is 0.854. The van der Waals surface area contributed by atoms with Crippen LogP contribution in [-0.4, -0.2) is 30.4 Å². The summed E-state index contributed by atoms with van der Waals surface area (Å²) in [5.41, 5.74) is 1.20. The van der Waals surface area contributed by atoms with Crippen molar-refractivity contribution in [3.8, 4) is 0 Å². The van der Waals surface area contributed by atoms with Crippen LogP contribution in [0.2, 0.25) is 0 Å². The molecule has 2 heterocycles. The number of amides is 1. The van der Waals surface area contributed by atoms with E-state index in [-0.39, 0.29) is 11.9 Å². The average Bonchev–Trinajstić information content (AvgIpc) is 3.28. The number of furan rings is 1. The molecule has 1 aliphatic heterocycles. The lowest BCUT2D eigenvalue weighted by Crippen LogP contribution is -2.36. The third-order valence-electron chi connectivity index (χ3n) is 4.43. The zero-order valence-electron chi connectivity index (χ0n) is 13.4. The van der Waals surface area contributed by atoms with E-state index in [1.54, 1.807) is 6.26 Å². The predicted molar refractivity (Wildman–Crippen MR) is 90.0 cm³/mol. The van der Waals surface area contributed by atoms with Gasteiger partial charge in [-0.05, 0) is 50.0 Å². The van der Waals surface area contributed by atoms with Crippen LogP contribution in [0.1, 0.15) is 36.6 Å². The summed E-state index contributed by atoms with van der Waals surface area (Å²) in [4.78, 5) is 14.5. The molecule has 0 radical (unpaired) electrons. The second-order valence-corrected chi connectivity index (χ2v) is 6.06. The minimum absolute atomic E-state index is 0.101. The molecule has 0 bridgehead atoms. The van der Waals surface area contributed by atoms with Gasteiger partial charge in [0.2, 0.25) is 5.91 Å². The standard InChI is InChI=1S/C19H24N2O2/c22-19(11-10-16-7-2-1-3-8-16)20-15-17(18-9-6-14-23-18)21-12-4-5-13-21/h1-3,6-9,14,17H,4-5,10-13,15H2,(H,20,22)/t17-/m0/s1. The molecule has 2 aromatic rings. The number of benzene rings is 1. The third kappa shape index (κ3) is 4.45. The van der Waals surface area contributed by atoms with E-state index in [0.29, 0.717) is 13.0 Å². The van der Waals surface area contributed by atoms with Gasteiger partial charge in [-0.1, -0.05) is 30.3 Å². The first kappa shape index (κ1) is 15.8. The molecule has 4 nitrogen and oxygen atoms in total. The van der Waals surface area contributed by atoms with Crippen molar-refractivity contribution in [3.05, 3.63) is 60.1 Å². The average molecular weight is 312 g/mol. The summed E-state index contributed by atoms with van der Waals surface area (Å²) in [6.45, 7) is 2.76. The Labute approximate surface area is 137 Å². The maximum absolute atomic E-state index is 12.1. The molecule has 1 aromatic carbocycles. The van der Waals surface area contributed by atoms with E-state index in [9.17, 15) is 4.79 Å².